The molecule has 4 aliphatic rings. The van der Waals surface area contributed by atoms with Gasteiger partial charge in [0.05, 0.1) is 28.4 Å². The molecule has 4 atom stereocenters. The fraction of sp³-hybridized carbons (Fsp3) is 0.333. The highest BCUT2D eigenvalue weighted by Gasteiger charge is 2.55. The van der Waals surface area contributed by atoms with Crippen LogP contribution in [0.1, 0.15) is 34.1 Å². The van der Waals surface area contributed by atoms with E-state index in [-0.39, 0.29) is 22.3 Å². The minimum absolute atomic E-state index is 0.0787. The van der Waals surface area contributed by atoms with E-state index in [0.29, 0.717) is 0 Å². The van der Waals surface area contributed by atoms with Crippen LogP contribution >= 0.6 is 0 Å². The van der Waals surface area contributed by atoms with Crippen LogP contribution in [0.25, 0.3) is 0 Å². The van der Waals surface area contributed by atoms with Gasteiger partial charge in [-0.15, -0.1) is 0 Å². The highest BCUT2D eigenvalue weighted by Crippen LogP contribution is 2.44. The van der Waals surface area contributed by atoms with Crippen molar-refractivity contribution in [3.63, 3.8) is 0 Å². The van der Waals surface area contributed by atoms with Crippen molar-refractivity contribution in [1.82, 2.24) is 0 Å². The fourth-order valence-corrected chi connectivity index (χ4v) is 4.31. The van der Waals surface area contributed by atoms with Crippen LogP contribution in [-0.4, -0.2) is 62.5 Å². The molecular formula is C24H24O10. The summed E-state index contributed by atoms with van der Waals surface area (Å²) in [5.74, 6) is -7.18. The number of esters is 4. The van der Waals surface area contributed by atoms with Crippen LogP contribution in [0.2, 0.25) is 0 Å². The van der Waals surface area contributed by atoms with Crippen LogP contribution in [0.5, 0.6) is 0 Å². The zero-order valence-electron chi connectivity index (χ0n) is 18.9. The Hall–Kier alpha value is -3.76. The molecule has 0 aromatic heterocycles. The second-order valence-corrected chi connectivity index (χ2v) is 7.67. The van der Waals surface area contributed by atoms with Crippen molar-refractivity contribution < 1.29 is 48.3 Å². The van der Waals surface area contributed by atoms with Gasteiger partial charge in [-0.3, -0.25) is 9.59 Å². The van der Waals surface area contributed by atoms with Gasteiger partial charge >= 0.3 is 23.9 Å². The number of benzene rings is 2. The molecule has 2 N–H and O–H groups in total. The summed E-state index contributed by atoms with van der Waals surface area (Å²) in [5.41, 5.74) is -4.90. The summed E-state index contributed by atoms with van der Waals surface area (Å²) in [6.45, 7) is 0. The molecule has 34 heavy (non-hydrogen) atoms. The SMILES string of the molecule is COC(=O)C1c2ccc(cc2)C(C(=O)OC)C(O)(C(=O)OC)c2ccc(cc2)C1(O)C(=O)OC. The number of ether oxygens (including phenoxy) is 4. The van der Waals surface area contributed by atoms with Gasteiger partial charge < -0.3 is 29.2 Å². The van der Waals surface area contributed by atoms with E-state index in [9.17, 15) is 29.4 Å². The standard InChI is InChI=1S/C24H24O10/c1-31-19(25)17-13-5-7-14(8-6-13)18(20(26)32-2)24(30,22(28)34-4)16-11-9-15(10-12-16)23(17,29)21(27)33-3/h5-12,17-18,29-30H,1-4H3. The Kier molecular flexibility index (Phi) is 6.76. The first kappa shape index (κ1) is 24.9. The largest absolute Gasteiger partial charge is 0.468 e. The van der Waals surface area contributed by atoms with Crippen LogP contribution in [-0.2, 0) is 49.3 Å². The summed E-state index contributed by atoms with van der Waals surface area (Å²) in [4.78, 5) is 51.3. The maximum Gasteiger partial charge on any atom is 0.343 e. The lowest BCUT2D eigenvalue weighted by Gasteiger charge is -2.36. The van der Waals surface area contributed by atoms with Gasteiger partial charge in [-0.1, -0.05) is 48.5 Å². The quantitative estimate of drug-likeness (QED) is 0.480. The maximum atomic E-state index is 12.8. The minimum atomic E-state index is -2.52. The Morgan fingerprint density at radius 1 is 0.588 bits per heavy atom. The van der Waals surface area contributed by atoms with E-state index >= 15 is 0 Å². The van der Waals surface area contributed by atoms with Gasteiger partial charge in [-0.2, -0.15) is 0 Å². The monoisotopic (exact) mass is 472 g/mol. The summed E-state index contributed by atoms with van der Waals surface area (Å²) in [7, 11) is 4.33. The fourth-order valence-electron chi connectivity index (χ4n) is 4.31. The summed E-state index contributed by atoms with van der Waals surface area (Å²) < 4.78 is 19.4. The molecule has 0 aliphatic heterocycles. The van der Waals surface area contributed by atoms with E-state index in [1.165, 1.54) is 48.5 Å². The van der Waals surface area contributed by atoms with Gasteiger partial charge in [0.25, 0.3) is 0 Å². The molecule has 0 spiro atoms. The first-order chi connectivity index (χ1) is 16.1. The molecule has 4 unspecified atom stereocenters. The van der Waals surface area contributed by atoms with E-state index in [4.69, 9.17) is 18.9 Å². The molecule has 0 amide bonds. The Bertz CT molecular complexity index is 1020. The molecule has 180 valence electrons. The summed E-state index contributed by atoms with van der Waals surface area (Å²) in [6.07, 6.45) is 0. The first-order valence-electron chi connectivity index (χ1n) is 10.1. The molecule has 2 aromatic carbocycles. The van der Waals surface area contributed by atoms with Crippen LogP contribution in [0.4, 0.5) is 0 Å². The highest BCUT2D eigenvalue weighted by molar-refractivity contribution is 5.94. The third-order valence-corrected chi connectivity index (χ3v) is 6.07. The number of carbonyl (C=O) groups is 4. The van der Waals surface area contributed by atoms with Crippen LogP contribution in [0.3, 0.4) is 0 Å². The van der Waals surface area contributed by atoms with Crippen molar-refractivity contribution in [3.05, 3.63) is 70.8 Å². The number of methoxy groups -OCH3 is 4. The Labute approximate surface area is 195 Å². The van der Waals surface area contributed by atoms with Crippen molar-refractivity contribution in [3.8, 4) is 0 Å². The van der Waals surface area contributed by atoms with E-state index in [1.807, 2.05) is 0 Å². The number of hydrogen-bond donors (Lipinski definition) is 2. The average Bonchev–Trinajstić information content (AvgIpc) is 2.87. The van der Waals surface area contributed by atoms with Gasteiger partial charge in [-0.05, 0) is 22.3 Å². The molecule has 0 saturated carbocycles. The van der Waals surface area contributed by atoms with Crippen molar-refractivity contribution >= 4 is 23.9 Å². The molecule has 0 saturated heterocycles. The van der Waals surface area contributed by atoms with Crippen molar-refractivity contribution in [2.24, 2.45) is 0 Å². The van der Waals surface area contributed by atoms with Gasteiger partial charge in [0, 0.05) is 0 Å². The smallest absolute Gasteiger partial charge is 0.343 e. The van der Waals surface area contributed by atoms with Gasteiger partial charge in [-0.25, -0.2) is 9.59 Å². The Morgan fingerprint density at radius 2 is 0.882 bits per heavy atom. The van der Waals surface area contributed by atoms with E-state index < -0.39 is 46.9 Å². The number of aliphatic hydroxyl groups is 2. The maximum absolute atomic E-state index is 12.8. The first-order valence-corrected chi connectivity index (χ1v) is 10.1. The topological polar surface area (TPSA) is 146 Å². The van der Waals surface area contributed by atoms with Crippen LogP contribution in [0.15, 0.2) is 48.5 Å². The zero-order chi connectivity index (χ0) is 25.3. The number of hydrogen-bond acceptors (Lipinski definition) is 10. The average molecular weight is 472 g/mol. The molecule has 0 heterocycles. The molecule has 10 heteroatoms. The predicted octanol–water partition coefficient (Wildman–Crippen LogP) is 0.635. The highest BCUT2D eigenvalue weighted by atomic mass is 16.6. The van der Waals surface area contributed by atoms with Gasteiger partial charge in [0.1, 0.15) is 11.8 Å². The van der Waals surface area contributed by atoms with E-state index in [1.54, 1.807) is 0 Å². The van der Waals surface area contributed by atoms with Crippen molar-refractivity contribution in [2.75, 3.05) is 28.4 Å². The molecule has 6 rings (SSSR count). The zero-order valence-corrected chi connectivity index (χ0v) is 18.9. The Morgan fingerprint density at radius 3 is 1.12 bits per heavy atom. The molecule has 0 radical (unpaired) electrons. The molecule has 4 aliphatic carbocycles. The van der Waals surface area contributed by atoms with Crippen molar-refractivity contribution in [1.29, 1.82) is 0 Å². The second-order valence-electron chi connectivity index (χ2n) is 7.67. The summed E-state index contributed by atoms with van der Waals surface area (Å²) >= 11 is 0. The van der Waals surface area contributed by atoms with Gasteiger partial charge in [0.15, 0.2) is 0 Å². The second kappa shape index (κ2) is 9.24. The summed E-state index contributed by atoms with van der Waals surface area (Å²) in [6, 6.07) is 10.4. The third-order valence-electron chi connectivity index (χ3n) is 6.07. The third kappa shape index (κ3) is 3.61. The number of rotatable bonds is 4. The lowest BCUT2D eigenvalue weighted by Crippen LogP contribution is -2.48. The van der Waals surface area contributed by atoms with Crippen molar-refractivity contribution in [2.45, 2.75) is 23.0 Å². The molecule has 0 fully saturated rings. The predicted molar refractivity (Wildman–Crippen MR) is 114 cm³/mol. The minimum Gasteiger partial charge on any atom is -0.468 e. The molecule has 4 bridgehead atoms. The summed E-state index contributed by atoms with van der Waals surface area (Å²) in [5, 5.41) is 23.2. The van der Waals surface area contributed by atoms with E-state index in [2.05, 4.69) is 0 Å². The molecule has 2 aromatic rings. The lowest BCUT2D eigenvalue weighted by molar-refractivity contribution is -0.174. The van der Waals surface area contributed by atoms with E-state index in [0.717, 1.165) is 28.4 Å². The lowest BCUT2D eigenvalue weighted by atomic mass is 9.72. The van der Waals surface area contributed by atoms with Crippen LogP contribution in [0, 0.1) is 0 Å². The normalized spacial score (nSPS) is 25.5. The van der Waals surface area contributed by atoms with Crippen LogP contribution < -0.4 is 0 Å². The Balaban J connectivity index is 2.45. The molecule has 10 nitrogen and oxygen atoms in total. The number of carbonyl (C=O) groups excluding carboxylic acids is 4. The van der Waals surface area contributed by atoms with Gasteiger partial charge in [0.2, 0.25) is 11.2 Å². The molecular weight excluding hydrogens is 448 g/mol.